The summed E-state index contributed by atoms with van der Waals surface area (Å²) in [5.74, 6) is 2.36. The summed E-state index contributed by atoms with van der Waals surface area (Å²) in [6.45, 7) is 0.197. The fourth-order valence-corrected chi connectivity index (χ4v) is 3.40. The molecule has 0 amide bonds. The van der Waals surface area contributed by atoms with Crippen molar-refractivity contribution in [3.05, 3.63) is 35.5 Å². The highest BCUT2D eigenvalue weighted by molar-refractivity contribution is 6.30. The first-order valence-electron chi connectivity index (χ1n) is 8.59. The van der Waals surface area contributed by atoms with Gasteiger partial charge in [0.25, 0.3) is 0 Å². The SMILES string of the molecule is Nc1ncc(Oc2ccc(Cl)cc2)c(N[C@@H]2CCCC[C@@H]2CCO)n1. The van der Waals surface area contributed by atoms with Crippen molar-refractivity contribution in [1.82, 2.24) is 9.97 Å². The lowest BCUT2D eigenvalue weighted by Gasteiger charge is -2.32. The van der Waals surface area contributed by atoms with Crippen LogP contribution >= 0.6 is 11.6 Å². The van der Waals surface area contributed by atoms with Gasteiger partial charge in [0, 0.05) is 17.7 Å². The summed E-state index contributed by atoms with van der Waals surface area (Å²) >= 11 is 5.91. The number of ether oxygens (including phenoxy) is 1. The van der Waals surface area contributed by atoms with Crippen LogP contribution in [-0.4, -0.2) is 27.7 Å². The van der Waals surface area contributed by atoms with Gasteiger partial charge in [-0.05, 0) is 49.4 Å². The molecule has 3 rings (SSSR count). The van der Waals surface area contributed by atoms with Crippen LogP contribution in [0, 0.1) is 5.92 Å². The standard InChI is InChI=1S/C18H23ClN4O2/c19-13-5-7-14(8-6-13)25-16-11-21-18(20)23-17(16)22-15-4-2-1-3-12(15)9-10-24/h5-8,11-12,15,24H,1-4,9-10H2,(H3,20,21,22,23)/t12-,15-/m1/s1. The highest BCUT2D eigenvalue weighted by Gasteiger charge is 2.26. The molecule has 1 fully saturated rings. The number of nitrogen functional groups attached to an aromatic ring is 1. The summed E-state index contributed by atoms with van der Waals surface area (Å²) < 4.78 is 5.91. The first kappa shape index (κ1) is 17.8. The second-order valence-corrected chi connectivity index (χ2v) is 6.74. The van der Waals surface area contributed by atoms with E-state index in [4.69, 9.17) is 22.1 Å². The van der Waals surface area contributed by atoms with Gasteiger partial charge in [-0.2, -0.15) is 4.98 Å². The van der Waals surface area contributed by atoms with Crippen LogP contribution in [0.4, 0.5) is 11.8 Å². The van der Waals surface area contributed by atoms with Gasteiger partial charge in [0.2, 0.25) is 5.95 Å². The number of nitrogens with two attached hydrogens (primary N) is 1. The Kier molecular flexibility index (Phi) is 5.94. The number of nitrogens with one attached hydrogen (secondary N) is 1. The van der Waals surface area contributed by atoms with E-state index in [2.05, 4.69) is 15.3 Å². The fraction of sp³-hybridized carbons (Fsp3) is 0.444. The third kappa shape index (κ3) is 4.74. The van der Waals surface area contributed by atoms with Gasteiger partial charge >= 0.3 is 0 Å². The Morgan fingerprint density at radius 2 is 2.00 bits per heavy atom. The van der Waals surface area contributed by atoms with E-state index in [1.807, 2.05) is 0 Å². The van der Waals surface area contributed by atoms with Crippen molar-refractivity contribution in [1.29, 1.82) is 0 Å². The molecular weight excluding hydrogens is 340 g/mol. The predicted octanol–water partition coefficient (Wildman–Crippen LogP) is 3.86. The van der Waals surface area contributed by atoms with E-state index < -0.39 is 0 Å². The zero-order chi connectivity index (χ0) is 17.6. The summed E-state index contributed by atoms with van der Waals surface area (Å²) in [6, 6.07) is 7.35. The minimum Gasteiger partial charge on any atom is -0.452 e. The summed E-state index contributed by atoms with van der Waals surface area (Å²) in [7, 11) is 0. The molecule has 2 aromatic rings. The summed E-state index contributed by atoms with van der Waals surface area (Å²) in [5.41, 5.74) is 5.76. The van der Waals surface area contributed by atoms with Crippen molar-refractivity contribution >= 4 is 23.4 Å². The van der Waals surface area contributed by atoms with Gasteiger partial charge in [0.15, 0.2) is 11.6 Å². The molecule has 4 N–H and O–H groups in total. The summed E-state index contributed by atoms with van der Waals surface area (Å²) in [6.07, 6.45) is 6.85. The minimum absolute atomic E-state index is 0.195. The van der Waals surface area contributed by atoms with Crippen LogP contribution in [0.2, 0.25) is 5.02 Å². The number of aliphatic hydroxyl groups is 1. The number of aromatic nitrogens is 2. The van der Waals surface area contributed by atoms with Crippen molar-refractivity contribution < 1.29 is 9.84 Å². The van der Waals surface area contributed by atoms with E-state index in [-0.39, 0.29) is 18.6 Å². The van der Waals surface area contributed by atoms with Crippen LogP contribution in [-0.2, 0) is 0 Å². The number of anilines is 2. The van der Waals surface area contributed by atoms with E-state index in [9.17, 15) is 5.11 Å². The quantitative estimate of drug-likeness (QED) is 0.722. The highest BCUT2D eigenvalue weighted by Crippen LogP contribution is 2.33. The van der Waals surface area contributed by atoms with Crippen molar-refractivity contribution in [2.75, 3.05) is 17.7 Å². The molecular formula is C18H23ClN4O2. The van der Waals surface area contributed by atoms with E-state index in [1.165, 1.54) is 6.42 Å². The number of aliphatic hydroxyl groups excluding tert-OH is 1. The van der Waals surface area contributed by atoms with Crippen molar-refractivity contribution in [3.8, 4) is 11.5 Å². The topological polar surface area (TPSA) is 93.3 Å². The summed E-state index contributed by atoms with van der Waals surface area (Å²) in [4.78, 5) is 8.36. The molecule has 0 saturated heterocycles. The Hall–Kier alpha value is -2.05. The van der Waals surface area contributed by atoms with Gasteiger partial charge in [-0.15, -0.1) is 0 Å². The fourth-order valence-electron chi connectivity index (χ4n) is 3.28. The average Bonchev–Trinajstić information content (AvgIpc) is 2.61. The molecule has 0 spiro atoms. The second kappa shape index (κ2) is 8.36. The Morgan fingerprint density at radius 1 is 1.24 bits per heavy atom. The lowest BCUT2D eigenvalue weighted by Crippen LogP contribution is -2.33. The molecule has 2 atom stereocenters. The van der Waals surface area contributed by atoms with E-state index in [0.717, 1.165) is 25.7 Å². The molecule has 1 aliphatic rings. The number of rotatable bonds is 6. The van der Waals surface area contributed by atoms with Crippen molar-refractivity contribution in [3.63, 3.8) is 0 Å². The highest BCUT2D eigenvalue weighted by atomic mass is 35.5. The van der Waals surface area contributed by atoms with Gasteiger partial charge in [-0.1, -0.05) is 24.4 Å². The smallest absolute Gasteiger partial charge is 0.222 e. The molecule has 0 bridgehead atoms. The number of nitrogens with zero attached hydrogens (tertiary/aromatic N) is 2. The molecule has 1 aliphatic carbocycles. The Bertz CT molecular complexity index is 694. The summed E-state index contributed by atoms with van der Waals surface area (Å²) in [5, 5.41) is 13.4. The molecule has 0 radical (unpaired) electrons. The van der Waals surface area contributed by atoms with Crippen molar-refractivity contribution in [2.24, 2.45) is 5.92 Å². The predicted molar refractivity (Wildman–Crippen MR) is 99.0 cm³/mol. The molecule has 1 aromatic heterocycles. The normalized spacial score (nSPS) is 20.2. The average molecular weight is 363 g/mol. The van der Waals surface area contributed by atoms with Gasteiger partial charge in [-0.3, -0.25) is 0 Å². The van der Waals surface area contributed by atoms with Crippen LogP contribution < -0.4 is 15.8 Å². The largest absolute Gasteiger partial charge is 0.452 e. The van der Waals surface area contributed by atoms with E-state index in [0.29, 0.717) is 28.3 Å². The van der Waals surface area contributed by atoms with Crippen LogP contribution in [0.25, 0.3) is 0 Å². The Morgan fingerprint density at radius 3 is 2.76 bits per heavy atom. The van der Waals surface area contributed by atoms with Crippen LogP contribution in [0.3, 0.4) is 0 Å². The lowest BCUT2D eigenvalue weighted by atomic mass is 9.82. The number of hydrogen-bond donors (Lipinski definition) is 3. The molecule has 1 aromatic carbocycles. The maximum atomic E-state index is 9.31. The lowest BCUT2D eigenvalue weighted by molar-refractivity contribution is 0.219. The second-order valence-electron chi connectivity index (χ2n) is 6.30. The monoisotopic (exact) mass is 362 g/mol. The third-order valence-electron chi connectivity index (χ3n) is 4.55. The van der Waals surface area contributed by atoms with Crippen LogP contribution in [0.5, 0.6) is 11.5 Å². The number of hydrogen-bond acceptors (Lipinski definition) is 6. The first-order chi connectivity index (χ1) is 12.2. The van der Waals surface area contributed by atoms with E-state index >= 15 is 0 Å². The maximum absolute atomic E-state index is 9.31. The zero-order valence-electron chi connectivity index (χ0n) is 14.0. The molecule has 1 heterocycles. The van der Waals surface area contributed by atoms with Gasteiger partial charge < -0.3 is 20.9 Å². The molecule has 0 unspecified atom stereocenters. The molecule has 25 heavy (non-hydrogen) atoms. The molecule has 7 heteroatoms. The van der Waals surface area contributed by atoms with Crippen LogP contribution in [0.1, 0.15) is 32.1 Å². The van der Waals surface area contributed by atoms with E-state index in [1.54, 1.807) is 30.5 Å². The van der Waals surface area contributed by atoms with Gasteiger partial charge in [-0.25, -0.2) is 4.98 Å². The van der Waals surface area contributed by atoms with Crippen LogP contribution in [0.15, 0.2) is 30.5 Å². The molecule has 134 valence electrons. The number of halogens is 1. The Balaban J connectivity index is 1.79. The number of benzene rings is 1. The van der Waals surface area contributed by atoms with Gasteiger partial charge in [0.05, 0.1) is 6.20 Å². The third-order valence-corrected chi connectivity index (χ3v) is 4.80. The first-order valence-corrected chi connectivity index (χ1v) is 8.97. The van der Waals surface area contributed by atoms with Crippen molar-refractivity contribution in [2.45, 2.75) is 38.1 Å². The minimum atomic E-state index is 0.195. The maximum Gasteiger partial charge on any atom is 0.222 e. The molecule has 6 nitrogen and oxygen atoms in total. The zero-order valence-corrected chi connectivity index (χ0v) is 14.7. The van der Waals surface area contributed by atoms with Gasteiger partial charge in [0.1, 0.15) is 5.75 Å². The Labute approximate surface area is 152 Å². The molecule has 1 saturated carbocycles. The molecule has 0 aliphatic heterocycles.